The first-order chi connectivity index (χ1) is 12.0. The molecule has 3 rings (SSSR count). The molecule has 0 aliphatic heterocycles. The Morgan fingerprint density at radius 3 is 2.76 bits per heavy atom. The standard InChI is InChI=1S/C19H18BrN3O2/c1-4-18-22-16-7-6-14(20)10-15(16)19(24)23(18)21-11-13-5-8-17(25-3)12(2)9-13/h5-11H,4H2,1-3H3. The molecule has 128 valence electrons. The lowest BCUT2D eigenvalue weighted by atomic mass is 10.1. The van der Waals surface area contributed by atoms with Gasteiger partial charge in [0.1, 0.15) is 11.6 Å². The molecule has 5 nitrogen and oxygen atoms in total. The molecular weight excluding hydrogens is 382 g/mol. The maximum absolute atomic E-state index is 12.8. The van der Waals surface area contributed by atoms with Gasteiger partial charge in [-0.25, -0.2) is 4.98 Å². The first-order valence-corrected chi connectivity index (χ1v) is 8.73. The predicted molar refractivity (Wildman–Crippen MR) is 104 cm³/mol. The van der Waals surface area contributed by atoms with Crippen molar-refractivity contribution >= 4 is 33.0 Å². The summed E-state index contributed by atoms with van der Waals surface area (Å²) in [5, 5.41) is 4.92. The van der Waals surface area contributed by atoms with Gasteiger partial charge < -0.3 is 4.74 Å². The van der Waals surface area contributed by atoms with Gasteiger partial charge in [-0.2, -0.15) is 9.78 Å². The fourth-order valence-electron chi connectivity index (χ4n) is 2.65. The zero-order chi connectivity index (χ0) is 18.0. The molecule has 0 bridgehead atoms. The molecule has 0 saturated heterocycles. The van der Waals surface area contributed by atoms with Crippen LogP contribution in [0.3, 0.4) is 0 Å². The molecule has 0 amide bonds. The number of ether oxygens (including phenoxy) is 1. The fraction of sp³-hybridized carbons (Fsp3) is 0.211. The Bertz CT molecular complexity index is 1030. The van der Waals surface area contributed by atoms with E-state index in [2.05, 4.69) is 26.0 Å². The number of rotatable bonds is 4. The largest absolute Gasteiger partial charge is 0.496 e. The second-order valence-corrected chi connectivity index (χ2v) is 6.55. The van der Waals surface area contributed by atoms with E-state index in [9.17, 15) is 4.79 Å². The van der Waals surface area contributed by atoms with Crippen LogP contribution >= 0.6 is 15.9 Å². The molecule has 1 heterocycles. The van der Waals surface area contributed by atoms with Crippen molar-refractivity contribution in [3.05, 3.63) is 68.2 Å². The number of hydrogen-bond donors (Lipinski definition) is 0. The Kier molecular flexibility index (Phi) is 4.99. The maximum atomic E-state index is 12.8. The van der Waals surface area contributed by atoms with Crippen molar-refractivity contribution in [3.63, 3.8) is 0 Å². The molecule has 0 N–H and O–H groups in total. The average molecular weight is 400 g/mol. The van der Waals surface area contributed by atoms with Gasteiger partial charge in [0, 0.05) is 10.9 Å². The summed E-state index contributed by atoms with van der Waals surface area (Å²) in [6, 6.07) is 11.2. The van der Waals surface area contributed by atoms with Crippen LogP contribution in [-0.4, -0.2) is 23.0 Å². The van der Waals surface area contributed by atoms with E-state index in [0.717, 1.165) is 21.3 Å². The summed E-state index contributed by atoms with van der Waals surface area (Å²) in [5.41, 5.74) is 2.40. The van der Waals surface area contributed by atoms with Gasteiger partial charge in [0.25, 0.3) is 5.56 Å². The van der Waals surface area contributed by atoms with Crippen LogP contribution in [0.5, 0.6) is 5.75 Å². The predicted octanol–water partition coefficient (Wildman–Crippen LogP) is 3.92. The van der Waals surface area contributed by atoms with Gasteiger partial charge in [-0.1, -0.05) is 22.9 Å². The van der Waals surface area contributed by atoms with Crippen molar-refractivity contribution in [1.82, 2.24) is 9.66 Å². The second kappa shape index (κ2) is 7.19. The Labute approximate surface area is 154 Å². The van der Waals surface area contributed by atoms with E-state index in [1.165, 1.54) is 4.68 Å². The quantitative estimate of drug-likeness (QED) is 0.624. The number of halogens is 1. The molecular formula is C19H18BrN3O2. The summed E-state index contributed by atoms with van der Waals surface area (Å²) in [6.45, 7) is 3.92. The van der Waals surface area contributed by atoms with Crippen LogP contribution in [0.25, 0.3) is 10.9 Å². The van der Waals surface area contributed by atoms with E-state index in [1.807, 2.05) is 44.2 Å². The van der Waals surface area contributed by atoms with Crippen molar-refractivity contribution in [2.75, 3.05) is 7.11 Å². The Morgan fingerprint density at radius 1 is 1.28 bits per heavy atom. The molecule has 25 heavy (non-hydrogen) atoms. The fourth-order valence-corrected chi connectivity index (χ4v) is 3.01. The first-order valence-electron chi connectivity index (χ1n) is 7.93. The number of aromatic nitrogens is 2. The second-order valence-electron chi connectivity index (χ2n) is 5.63. The van der Waals surface area contributed by atoms with Crippen LogP contribution in [-0.2, 0) is 6.42 Å². The van der Waals surface area contributed by atoms with Crippen LogP contribution in [0.4, 0.5) is 0 Å². The first kappa shape index (κ1) is 17.4. The third kappa shape index (κ3) is 3.49. The molecule has 0 aliphatic rings. The van der Waals surface area contributed by atoms with Crippen LogP contribution in [0.2, 0.25) is 0 Å². The highest BCUT2D eigenvalue weighted by atomic mass is 79.9. The molecule has 0 aliphatic carbocycles. The maximum Gasteiger partial charge on any atom is 0.282 e. The van der Waals surface area contributed by atoms with Crippen LogP contribution in [0.15, 0.2) is 50.8 Å². The Hall–Kier alpha value is -2.47. The third-order valence-corrected chi connectivity index (χ3v) is 4.43. The normalized spacial score (nSPS) is 11.4. The van der Waals surface area contributed by atoms with E-state index in [-0.39, 0.29) is 5.56 Å². The number of methoxy groups -OCH3 is 1. The minimum Gasteiger partial charge on any atom is -0.496 e. The number of aryl methyl sites for hydroxylation is 2. The van der Waals surface area contributed by atoms with Crippen LogP contribution < -0.4 is 10.3 Å². The van der Waals surface area contributed by atoms with E-state index < -0.39 is 0 Å². The highest BCUT2D eigenvalue weighted by Gasteiger charge is 2.09. The van der Waals surface area contributed by atoms with Gasteiger partial charge in [-0.15, -0.1) is 0 Å². The monoisotopic (exact) mass is 399 g/mol. The number of nitrogens with zero attached hydrogens (tertiary/aromatic N) is 3. The molecule has 0 atom stereocenters. The lowest BCUT2D eigenvalue weighted by molar-refractivity contribution is 0.411. The smallest absolute Gasteiger partial charge is 0.282 e. The lowest BCUT2D eigenvalue weighted by Gasteiger charge is -2.08. The van der Waals surface area contributed by atoms with Crippen molar-refractivity contribution in [2.24, 2.45) is 5.10 Å². The van der Waals surface area contributed by atoms with E-state index in [4.69, 9.17) is 4.74 Å². The number of hydrogen-bond acceptors (Lipinski definition) is 4. The minimum absolute atomic E-state index is 0.176. The molecule has 3 aromatic rings. The van der Waals surface area contributed by atoms with Gasteiger partial charge in [-0.05, 0) is 54.4 Å². The summed E-state index contributed by atoms with van der Waals surface area (Å²) in [4.78, 5) is 17.4. The Balaban J connectivity index is 2.10. The van der Waals surface area contributed by atoms with Gasteiger partial charge in [-0.3, -0.25) is 4.79 Å². The molecule has 6 heteroatoms. The highest BCUT2D eigenvalue weighted by molar-refractivity contribution is 9.10. The van der Waals surface area contributed by atoms with Crippen molar-refractivity contribution in [3.8, 4) is 5.75 Å². The van der Waals surface area contributed by atoms with Crippen LogP contribution in [0.1, 0.15) is 23.9 Å². The zero-order valence-electron chi connectivity index (χ0n) is 14.3. The minimum atomic E-state index is -0.176. The molecule has 0 saturated carbocycles. The molecule has 0 fully saturated rings. The summed E-state index contributed by atoms with van der Waals surface area (Å²) in [6.07, 6.45) is 2.28. The van der Waals surface area contributed by atoms with Gasteiger partial charge in [0.2, 0.25) is 0 Å². The highest BCUT2D eigenvalue weighted by Crippen LogP contribution is 2.18. The van der Waals surface area contributed by atoms with Gasteiger partial charge in [0.15, 0.2) is 0 Å². The van der Waals surface area contributed by atoms with Gasteiger partial charge >= 0.3 is 0 Å². The van der Waals surface area contributed by atoms with Crippen molar-refractivity contribution < 1.29 is 4.74 Å². The van der Waals surface area contributed by atoms with E-state index >= 15 is 0 Å². The Morgan fingerprint density at radius 2 is 2.08 bits per heavy atom. The third-order valence-electron chi connectivity index (χ3n) is 3.93. The van der Waals surface area contributed by atoms with Crippen molar-refractivity contribution in [1.29, 1.82) is 0 Å². The number of fused-ring (bicyclic) bond motifs is 1. The van der Waals surface area contributed by atoms with Crippen molar-refractivity contribution in [2.45, 2.75) is 20.3 Å². The topological polar surface area (TPSA) is 56.5 Å². The molecule has 0 spiro atoms. The van der Waals surface area contributed by atoms with E-state index in [0.29, 0.717) is 23.1 Å². The lowest BCUT2D eigenvalue weighted by Crippen LogP contribution is -2.22. The van der Waals surface area contributed by atoms with Crippen LogP contribution in [0, 0.1) is 6.92 Å². The molecule has 0 radical (unpaired) electrons. The molecule has 1 aromatic heterocycles. The van der Waals surface area contributed by atoms with E-state index in [1.54, 1.807) is 19.4 Å². The average Bonchev–Trinajstić information content (AvgIpc) is 2.61. The molecule has 0 unspecified atom stereocenters. The summed E-state index contributed by atoms with van der Waals surface area (Å²) in [5.74, 6) is 1.45. The summed E-state index contributed by atoms with van der Waals surface area (Å²) < 4.78 is 7.47. The van der Waals surface area contributed by atoms with Gasteiger partial charge in [0.05, 0.1) is 24.2 Å². The zero-order valence-corrected chi connectivity index (χ0v) is 15.9. The SMILES string of the molecule is CCc1nc2ccc(Br)cc2c(=O)n1N=Cc1ccc(OC)c(C)c1. The number of benzene rings is 2. The summed E-state index contributed by atoms with van der Waals surface area (Å²) >= 11 is 3.40. The summed E-state index contributed by atoms with van der Waals surface area (Å²) in [7, 11) is 1.64. The molecule has 2 aromatic carbocycles.